The largest absolute Gasteiger partial charge is 0.507 e. The van der Waals surface area contributed by atoms with Crippen LogP contribution in [-0.4, -0.2) is 28.4 Å². The minimum atomic E-state index is -4.65. The summed E-state index contributed by atoms with van der Waals surface area (Å²) < 4.78 is 41.1. The molecule has 0 saturated carbocycles. The Balaban J connectivity index is 1.70. The van der Waals surface area contributed by atoms with E-state index in [4.69, 9.17) is 0 Å². The average molecular weight is 518 g/mol. The number of amides is 2. The van der Waals surface area contributed by atoms with E-state index in [2.05, 4.69) is 4.98 Å². The van der Waals surface area contributed by atoms with Crippen molar-refractivity contribution in [2.24, 2.45) is 0 Å². The summed E-state index contributed by atoms with van der Waals surface area (Å²) in [4.78, 5) is 34.4. The van der Waals surface area contributed by atoms with Crippen LogP contribution in [-0.2, 0) is 15.8 Å². The van der Waals surface area contributed by atoms with Crippen LogP contribution in [0.15, 0.2) is 91.3 Å². The van der Waals surface area contributed by atoms with Crippen LogP contribution in [0.5, 0.6) is 5.75 Å². The van der Waals surface area contributed by atoms with Crippen molar-refractivity contribution < 1.29 is 27.9 Å². The maximum absolute atomic E-state index is 14.1. The van der Waals surface area contributed by atoms with Gasteiger partial charge in [0.15, 0.2) is 0 Å². The number of alkyl halides is 3. The first-order valence-electron chi connectivity index (χ1n) is 11.9. The summed E-state index contributed by atoms with van der Waals surface area (Å²) in [6.07, 6.45) is -1.50. The van der Waals surface area contributed by atoms with Crippen LogP contribution in [0.2, 0.25) is 0 Å². The number of hydrogen-bond donors (Lipinski definition) is 1. The lowest BCUT2D eigenvalue weighted by Gasteiger charge is -2.26. The average Bonchev–Trinajstić information content (AvgIpc) is 2.99. The molecule has 38 heavy (non-hydrogen) atoms. The van der Waals surface area contributed by atoms with Gasteiger partial charge in [-0.1, -0.05) is 30.3 Å². The predicted octanol–water partition coefficient (Wildman–Crippen LogP) is 6.29. The fourth-order valence-corrected chi connectivity index (χ4v) is 4.69. The van der Waals surface area contributed by atoms with Gasteiger partial charge in [0.25, 0.3) is 0 Å². The summed E-state index contributed by atoms with van der Waals surface area (Å²) in [6.45, 7) is 1.80. The Kier molecular flexibility index (Phi) is 6.36. The molecule has 1 atom stereocenters. The maximum atomic E-state index is 14.1. The zero-order valence-corrected chi connectivity index (χ0v) is 20.2. The number of aromatic hydroxyl groups is 1. The van der Waals surface area contributed by atoms with E-state index in [9.17, 15) is 27.9 Å². The molecule has 3 aromatic carbocycles. The van der Waals surface area contributed by atoms with E-state index in [1.807, 2.05) is 0 Å². The number of phenolic OH excluding ortho intramolecular Hbond substituents is 1. The van der Waals surface area contributed by atoms with Gasteiger partial charge in [-0.2, -0.15) is 13.2 Å². The van der Waals surface area contributed by atoms with E-state index in [0.29, 0.717) is 16.8 Å². The molecule has 0 radical (unpaired) electrons. The number of likely N-dealkylation sites (N-methyl/N-ethyl adjacent to an activating group) is 1. The number of carbonyl (C=O) groups excluding carboxylic acids is 2. The number of benzene rings is 3. The summed E-state index contributed by atoms with van der Waals surface area (Å²) in [6, 6.07) is 19.2. The number of halogens is 3. The van der Waals surface area contributed by atoms with Crippen molar-refractivity contribution >= 4 is 28.9 Å². The lowest BCUT2D eigenvalue weighted by molar-refractivity contribution is -0.137. The van der Waals surface area contributed by atoms with Crippen molar-refractivity contribution in [2.75, 3.05) is 16.3 Å². The van der Waals surface area contributed by atoms with Crippen LogP contribution < -0.4 is 9.80 Å². The minimum absolute atomic E-state index is 0.0497. The summed E-state index contributed by atoms with van der Waals surface area (Å²) in [7, 11) is 0. The Morgan fingerprint density at radius 1 is 0.868 bits per heavy atom. The Labute approximate surface area is 216 Å². The molecular formula is C29H22F3N3O3. The first-order valence-corrected chi connectivity index (χ1v) is 11.9. The zero-order chi connectivity index (χ0) is 27.0. The van der Waals surface area contributed by atoms with Gasteiger partial charge in [-0.25, -0.2) is 0 Å². The molecule has 1 aliphatic rings. The van der Waals surface area contributed by atoms with Crippen molar-refractivity contribution in [3.05, 3.63) is 102 Å². The van der Waals surface area contributed by atoms with E-state index >= 15 is 0 Å². The molecule has 0 fully saturated rings. The highest BCUT2D eigenvalue weighted by atomic mass is 19.4. The number of aromatic nitrogens is 1. The maximum Gasteiger partial charge on any atom is 0.416 e. The van der Waals surface area contributed by atoms with Gasteiger partial charge in [0.1, 0.15) is 11.7 Å². The van der Waals surface area contributed by atoms with Crippen molar-refractivity contribution in [3.8, 4) is 16.9 Å². The summed E-state index contributed by atoms with van der Waals surface area (Å²) >= 11 is 0. The van der Waals surface area contributed by atoms with Gasteiger partial charge in [0.2, 0.25) is 11.8 Å². The van der Waals surface area contributed by atoms with Gasteiger partial charge < -0.3 is 10.0 Å². The lowest BCUT2D eigenvalue weighted by atomic mass is 9.93. The second-order valence-corrected chi connectivity index (χ2v) is 8.74. The van der Waals surface area contributed by atoms with Crippen molar-refractivity contribution in [1.82, 2.24) is 4.98 Å². The van der Waals surface area contributed by atoms with E-state index in [0.717, 1.165) is 17.0 Å². The molecule has 2 amide bonds. The molecule has 0 bridgehead atoms. The van der Waals surface area contributed by atoms with Gasteiger partial charge in [-0.05, 0) is 66.6 Å². The van der Waals surface area contributed by atoms with Crippen molar-refractivity contribution in [1.29, 1.82) is 0 Å². The zero-order valence-electron chi connectivity index (χ0n) is 20.2. The minimum Gasteiger partial charge on any atom is -0.507 e. The number of pyridine rings is 1. The Morgan fingerprint density at radius 2 is 1.58 bits per heavy atom. The van der Waals surface area contributed by atoms with Crippen LogP contribution in [0, 0.1) is 0 Å². The number of fused-ring (bicyclic) bond motifs is 1. The number of anilines is 3. The Morgan fingerprint density at radius 3 is 2.21 bits per heavy atom. The predicted molar refractivity (Wildman–Crippen MR) is 137 cm³/mol. The molecule has 2 heterocycles. The number of para-hydroxylation sites is 1. The molecule has 0 aliphatic carbocycles. The Bertz CT molecular complexity index is 1510. The molecular weight excluding hydrogens is 495 g/mol. The summed E-state index contributed by atoms with van der Waals surface area (Å²) in [5.74, 6) is -2.89. The molecule has 1 aromatic heterocycles. The molecule has 5 rings (SSSR count). The van der Waals surface area contributed by atoms with Crippen LogP contribution in [0.25, 0.3) is 11.1 Å². The number of hydrogen-bond acceptors (Lipinski definition) is 4. The molecule has 192 valence electrons. The monoisotopic (exact) mass is 517 g/mol. The highest BCUT2D eigenvalue weighted by Gasteiger charge is 2.43. The standard InChI is InChI=1S/C29H22F3N3O3/c1-2-34-23-11-9-20(29(30,31)32)17-24(23)35(21-6-4-3-5-7-21)28(38)26(27(34)37)19-8-10-22(25(36)16-19)18-12-14-33-15-13-18/h3-17,26,36H,2H2,1H3. The molecule has 0 saturated heterocycles. The second kappa shape index (κ2) is 9.66. The molecule has 6 nitrogen and oxygen atoms in total. The first-order chi connectivity index (χ1) is 18.2. The van der Waals surface area contributed by atoms with Gasteiger partial charge in [-0.15, -0.1) is 0 Å². The van der Waals surface area contributed by atoms with E-state index in [1.54, 1.807) is 73.9 Å². The van der Waals surface area contributed by atoms with Gasteiger partial charge >= 0.3 is 6.18 Å². The number of phenols is 1. The smallest absolute Gasteiger partial charge is 0.416 e. The van der Waals surface area contributed by atoms with Crippen LogP contribution in [0.4, 0.5) is 30.2 Å². The SMILES string of the molecule is CCN1C(=O)C(c2ccc(-c3ccncc3)c(O)c2)C(=O)N(c2ccccc2)c2cc(C(F)(F)F)ccc21. The molecule has 4 aromatic rings. The normalized spacial score (nSPS) is 15.8. The second-order valence-electron chi connectivity index (χ2n) is 8.74. The molecule has 1 N–H and O–H groups in total. The molecule has 1 unspecified atom stereocenters. The molecule has 0 spiro atoms. The molecule has 9 heteroatoms. The van der Waals surface area contributed by atoms with Crippen molar-refractivity contribution in [3.63, 3.8) is 0 Å². The van der Waals surface area contributed by atoms with Gasteiger partial charge in [-0.3, -0.25) is 19.5 Å². The third kappa shape index (κ3) is 4.36. The van der Waals surface area contributed by atoms with Crippen LogP contribution in [0.1, 0.15) is 24.0 Å². The summed E-state index contributed by atoms with van der Waals surface area (Å²) in [5, 5.41) is 10.8. The number of carbonyl (C=O) groups is 2. The van der Waals surface area contributed by atoms with E-state index < -0.39 is 29.5 Å². The number of rotatable bonds is 4. The fraction of sp³-hybridized carbons (Fsp3) is 0.138. The van der Waals surface area contributed by atoms with Crippen LogP contribution >= 0.6 is 0 Å². The quantitative estimate of drug-likeness (QED) is 0.323. The van der Waals surface area contributed by atoms with E-state index in [-0.39, 0.29) is 29.2 Å². The third-order valence-corrected chi connectivity index (χ3v) is 6.49. The lowest BCUT2D eigenvalue weighted by Crippen LogP contribution is -2.39. The first kappa shape index (κ1) is 25.0. The van der Waals surface area contributed by atoms with E-state index in [1.165, 1.54) is 17.0 Å². The van der Waals surface area contributed by atoms with Crippen molar-refractivity contribution in [2.45, 2.75) is 19.0 Å². The summed E-state index contributed by atoms with van der Waals surface area (Å²) in [5.41, 5.74) is 0.899. The van der Waals surface area contributed by atoms with Crippen LogP contribution in [0.3, 0.4) is 0 Å². The highest BCUT2D eigenvalue weighted by molar-refractivity contribution is 6.23. The van der Waals surface area contributed by atoms with Gasteiger partial charge in [0, 0.05) is 30.2 Å². The number of nitrogens with zero attached hydrogens (tertiary/aromatic N) is 3. The van der Waals surface area contributed by atoms with Gasteiger partial charge in [0.05, 0.1) is 16.9 Å². The fourth-order valence-electron chi connectivity index (χ4n) is 4.69. The topological polar surface area (TPSA) is 73.7 Å². The highest BCUT2D eigenvalue weighted by Crippen LogP contribution is 2.45. The third-order valence-electron chi connectivity index (χ3n) is 6.49. The Hall–Kier alpha value is -4.66. The molecule has 1 aliphatic heterocycles.